The minimum absolute atomic E-state index is 0.138. The fourth-order valence-corrected chi connectivity index (χ4v) is 2.69. The minimum Gasteiger partial charge on any atom is -0.466 e. The van der Waals surface area contributed by atoms with Gasteiger partial charge >= 0.3 is 11.9 Å². The Morgan fingerprint density at radius 2 is 2.30 bits per heavy atom. The summed E-state index contributed by atoms with van der Waals surface area (Å²) in [5, 5.41) is 0.450. The summed E-state index contributed by atoms with van der Waals surface area (Å²) in [5.74, 6) is -0.351. The van der Waals surface area contributed by atoms with Gasteiger partial charge in [-0.2, -0.15) is 0 Å². The van der Waals surface area contributed by atoms with Crippen LogP contribution in [-0.4, -0.2) is 30.1 Å². The second kappa shape index (κ2) is 8.67. The van der Waals surface area contributed by atoms with Crippen molar-refractivity contribution < 1.29 is 19.1 Å². The number of carbonyl (C=O) groups is 2. The zero-order chi connectivity index (χ0) is 16.7. The Kier molecular flexibility index (Phi) is 6.59. The molecule has 0 aliphatic carbocycles. The monoisotopic (exact) mass is 337 g/mol. The number of hydrogen-bond donors (Lipinski definition) is 0. The summed E-state index contributed by atoms with van der Waals surface area (Å²) < 4.78 is 9.95. The van der Waals surface area contributed by atoms with Crippen LogP contribution in [0.4, 0.5) is 0 Å². The fraction of sp³-hybridized carbons (Fsp3) is 0.471. The average molecular weight is 338 g/mol. The van der Waals surface area contributed by atoms with Gasteiger partial charge < -0.3 is 9.47 Å². The van der Waals surface area contributed by atoms with Crippen LogP contribution in [0.25, 0.3) is 0 Å². The van der Waals surface area contributed by atoms with Crippen LogP contribution in [-0.2, 0) is 25.5 Å². The fourth-order valence-electron chi connectivity index (χ4n) is 2.58. The van der Waals surface area contributed by atoms with Crippen molar-refractivity contribution in [1.29, 1.82) is 0 Å². The van der Waals surface area contributed by atoms with Gasteiger partial charge in [0.05, 0.1) is 6.61 Å². The van der Waals surface area contributed by atoms with E-state index in [1.54, 1.807) is 25.3 Å². The summed E-state index contributed by atoms with van der Waals surface area (Å²) in [5.41, 5.74) is 2.00. The molecule has 1 aliphatic rings. The van der Waals surface area contributed by atoms with E-state index in [2.05, 4.69) is 4.98 Å². The molecule has 0 radical (unpaired) electrons. The number of ether oxygens (including phenoxy) is 2. The topological polar surface area (TPSA) is 65.5 Å². The van der Waals surface area contributed by atoms with Crippen molar-refractivity contribution in [3.63, 3.8) is 0 Å². The number of esters is 2. The number of hydrogen-bond acceptors (Lipinski definition) is 5. The first kappa shape index (κ1) is 17.5. The van der Waals surface area contributed by atoms with E-state index in [4.69, 9.17) is 21.1 Å². The standard InChI is InChI=1S/C17H20ClNO4/c1-2-22-16(20)5-3-4-13(14-9-17(21)23-11-14)8-12-6-7-15(18)19-10-12/h6-7,9-10,13H,2-5,8,11H2,1H3. The van der Waals surface area contributed by atoms with Crippen LogP contribution >= 0.6 is 11.6 Å². The first-order chi connectivity index (χ1) is 11.1. The lowest BCUT2D eigenvalue weighted by Crippen LogP contribution is -2.12. The molecule has 1 aromatic rings. The number of halogens is 1. The van der Waals surface area contributed by atoms with E-state index in [9.17, 15) is 9.59 Å². The van der Waals surface area contributed by atoms with Crippen LogP contribution < -0.4 is 0 Å². The zero-order valence-corrected chi connectivity index (χ0v) is 13.8. The Balaban J connectivity index is 1.97. The van der Waals surface area contributed by atoms with Crippen LogP contribution in [0.1, 0.15) is 31.7 Å². The Bertz CT molecular complexity index is 583. The van der Waals surface area contributed by atoms with Crippen molar-refractivity contribution in [2.24, 2.45) is 5.92 Å². The number of aromatic nitrogens is 1. The Morgan fingerprint density at radius 1 is 1.48 bits per heavy atom. The summed E-state index contributed by atoms with van der Waals surface area (Å²) in [4.78, 5) is 26.9. The highest BCUT2D eigenvalue weighted by Crippen LogP contribution is 2.26. The average Bonchev–Trinajstić information content (AvgIpc) is 2.95. The van der Waals surface area contributed by atoms with Crippen molar-refractivity contribution in [1.82, 2.24) is 4.98 Å². The molecule has 0 saturated carbocycles. The molecular weight excluding hydrogens is 318 g/mol. The quantitative estimate of drug-likeness (QED) is 0.538. The first-order valence-electron chi connectivity index (χ1n) is 7.71. The van der Waals surface area contributed by atoms with Crippen molar-refractivity contribution in [3.05, 3.63) is 40.7 Å². The van der Waals surface area contributed by atoms with Gasteiger partial charge in [-0.15, -0.1) is 0 Å². The van der Waals surface area contributed by atoms with Crippen molar-refractivity contribution in [3.8, 4) is 0 Å². The molecule has 0 bridgehead atoms. The SMILES string of the molecule is CCOC(=O)CCCC(Cc1ccc(Cl)nc1)C1=CC(=O)OC1. The van der Waals surface area contributed by atoms with E-state index in [0.717, 1.165) is 24.0 Å². The van der Waals surface area contributed by atoms with Crippen LogP contribution in [0.15, 0.2) is 30.0 Å². The molecule has 2 rings (SSSR count). The molecule has 0 spiro atoms. The molecule has 1 aromatic heterocycles. The highest BCUT2D eigenvalue weighted by Gasteiger charge is 2.22. The highest BCUT2D eigenvalue weighted by atomic mass is 35.5. The molecule has 1 aliphatic heterocycles. The van der Waals surface area contributed by atoms with E-state index in [0.29, 0.717) is 31.2 Å². The molecule has 6 heteroatoms. The molecule has 124 valence electrons. The number of pyridine rings is 1. The third-order valence-electron chi connectivity index (χ3n) is 3.72. The van der Waals surface area contributed by atoms with E-state index in [1.165, 1.54) is 0 Å². The largest absolute Gasteiger partial charge is 0.466 e. The molecule has 0 amide bonds. The number of rotatable bonds is 8. The molecule has 2 heterocycles. The molecule has 5 nitrogen and oxygen atoms in total. The summed E-state index contributed by atoms with van der Waals surface area (Å²) in [6, 6.07) is 3.67. The van der Waals surface area contributed by atoms with Gasteiger partial charge in [0.25, 0.3) is 0 Å². The number of carbonyl (C=O) groups excluding carboxylic acids is 2. The maximum absolute atomic E-state index is 11.5. The molecule has 1 atom stereocenters. The Morgan fingerprint density at radius 3 is 2.91 bits per heavy atom. The maximum Gasteiger partial charge on any atom is 0.331 e. The van der Waals surface area contributed by atoms with E-state index in [1.807, 2.05) is 6.07 Å². The minimum atomic E-state index is -0.301. The molecule has 0 aromatic carbocycles. The van der Waals surface area contributed by atoms with Crippen molar-refractivity contribution >= 4 is 23.5 Å². The van der Waals surface area contributed by atoms with Crippen molar-refractivity contribution in [2.75, 3.05) is 13.2 Å². The van der Waals surface area contributed by atoms with Crippen LogP contribution in [0.3, 0.4) is 0 Å². The van der Waals surface area contributed by atoms with E-state index in [-0.39, 0.29) is 17.9 Å². The first-order valence-corrected chi connectivity index (χ1v) is 8.09. The molecule has 0 fully saturated rings. The van der Waals surface area contributed by atoms with Gasteiger partial charge in [-0.25, -0.2) is 9.78 Å². The predicted molar refractivity (Wildman–Crippen MR) is 86.0 cm³/mol. The summed E-state index contributed by atoms with van der Waals surface area (Å²) in [7, 11) is 0. The normalized spacial score (nSPS) is 15.0. The Hall–Kier alpha value is -1.88. The lowest BCUT2D eigenvalue weighted by molar-refractivity contribution is -0.143. The second-order valence-corrected chi connectivity index (χ2v) is 5.80. The second-order valence-electron chi connectivity index (χ2n) is 5.41. The van der Waals surface area contributed by atoms with Gasteiger partial charge in [0.2, 0.25) is 0 Å². The van der Waals surface area contributed by atoms with E-state index < -0.39 is 0 Å². The van der Waals surface area contributed by atoms with Crippen LogP contribution in [0, 0.1) is 5.92 Å². The highest BCUT2D eigenvalue weighted by molar-refractivity contribution is 6.29. The third kappa shape index (κ3) is 5.67. The van der Waals surface area contributed by atoms with Gasteiger partial charge in [-0.1, -0.05) is 17.7 Å². The van der Waals surface area contributed by atoms with Gasteiger partial charge in [-0.3, -0.25) is 4.79 Å². The summed E-state index contributed by atoms with van der Waals surface area (Å²) >= 11 is 5.80. The van der Waals surface area contributed by atoms with Gasteiger partial charge in [-0.05, 0) is 49.3 Å². The summed E-state index contributed by atoms with van der Waals surface area (Å²) in [6.07, 6.45) is 5.89. The van der Waals surface area contributed by atoms with Crippen LogP contribution in [0.2, 0.25) is 5.15 Å². The number of nitrogens with zero attached hydrogens (tertiary/aromatic N) is 1. The van der Waals surface area contributed by atoms with Crippen LogP contribution in [0.5, 0.6) is 0 Å². The molecule has 0 N–H and O–H groups in total. The smallest absolute Gasteiger partial charge is 0.331 e. The van der Waals surface area contributed by atoms with Gasteiger partial charge in [0.1, 0.15) is 11.8 Å². The molecule has 0 saturated heterocycles. The van der Waals surface area contributed by atoms with Gasteiger partial charge in [0.15, 0.2) is 0 Å². The maximum atomic E-state index is 11.5. The third-order valence-corrected chi connectivity index (χ3v) is 3.94. The lowest BCUT2D eigenvalue weighted by atomic mass is 9.88. The zero-order valence-electron chi connectivity index (χ0n) is 13.1. The molecular formula is C17H20ClNO4. The summed E-state index contributed by atoms with van der Waals surface area (Å²) in [6.45, 7) is 2.51. The number of cyclic esters (lactones) is 1. The Labute approximate surface area is 140 Å². The predicted octanol–water partition coefficient (Wildman–Crippen LogP) is 3.11. The van der Waals surface area contributed by atoms with E-state index >= 15 is 0 Å². The molecule has 1 unspecified atom stereocenters. The lowest BCUT2D eigenvalue weighted by Gasteiger charge is -2.17. The van der Waals surface area contributed by atoms with Gasteiger partial charge in [0, 0.05) is 18.7 Å². The van der Waals surface area contributed by atoms with Crippen molar-refractivity contribution in [2.45, 2.75) is 32.6 Å². The molecule has 23 heavy (non-hydrogen) atoms.